The molecule has 0 saturated carbocycles. The minimum Gasteiger partial charge on any atom is -0.456 e. The number of ether oxygens (including phenoxy) is 2. The zero-order valence-electron chi connectivity index (χ0n) is 14.6. The molecule has 2 aromatic rings. The molecule has 138 valence electrons. The summed E-state index contributed by atoms with van der Waals surface area (Å²) in [7, 11) is 0. The highest BCUT2D eigenvalue weighted by Gasteiger charge is 2.22. The Morgan fingerprint density at radius 1 is 1.35 bits per heavy atom. The van der Waals surface area contributed by atoms with Crippen molar-refractivity contribution in [2.24, 2.45) is 0 Å². The van der Waals surface area contributed by atoms with Crippen LogP contribution in [0.3, 0.4) is 0 Å². The van der Waals surface area contributed by atoms with Crippen LogP contribution in [0.1, 0.15) is 13.3 Å². The van der Waals surface area contributed by atoms with Crippen LogP contribution in [-0.2, 0) is 25.6 Å². The number of esters is 1. The van der Waals surface area contributed by atoms with Crippen LogP contribution >= 0.6 is 0 Å². The second-order valence-electron chi connectivity index (χ2n) is 6.19. The molecule has 8 nitrogen and oxygen atoms in total. The highest BCUT2D eigenvalue weighted by atomic mass is 16.5. The van der Waals surface area contributed by atoms with Gasteiger partial charge in [-0.25, -0.2) is 4.98 Å². The Hall–Kier alpha value is -2.74. The van der Waals surface area contributed by atoms with E-state index in [1.807, 2.05) is 13.0 Å². The highest BCUT2D eigenvalue weighted by molar-refractivity contribution is 5.80. The zero-order chi connectivity index (χ0) is 18.5. The summed E-state index contributed by atoms with van der Waals surface area (Å²) in [5.41, 5.74) is 0.406. The van der Waals surface area contributed by atoms with E-state index >= 15 is 0 Å². The van der Waals surface area contributed by atoms with Crippen LogP contribution in [0, 0.1) is 0 Å². The number of morpholine rings is 1. The predicted molar refractivity (Wildman–Crippen MR) is 93.6 cm³/mol. The summed E-state index contributed by atoms with van der Waals surface area (Å²) in [4.78, 5) is 42.1. The van der Waals surface area contributed by atoms with E-state index in [0.717, 1.165) is 0 Å². The SMILES string of the molecule is CC1CN(C(=O)COC(=O)CCn2cnc3ccccc3c2=O)CCO1. The van der Waals surface area contributed by atoms with Crippen LogP contribution < -0.4 is 5.56 Å². The van der Waals surface area contributed by atoms with Crippen molar-refractivity contribution in [3.8, 4) is 0 Å². The molecular formula is C18H21N3O5. The molecule has 1 atom stereocenters. The lowest BCUT2D eigenvalue weighted by Gasteiger charge is -2.30. The van der Waals surface area contributed by atoms with Crippen LogP contribution in [0.2, 0.25) is 0 Å². The van der Waals surface area contributed by atoms with Crippen molar-refractivity contribution in [1.82, 2.24) is 14.5 Å². The molecule has 0 N–H and O–H groups in total. The molecule has 26 heavy (non-hydrogen) atoms. The molecule has 1 aromatic heterocycles. The zero-order valence-corrected chi connectivity index (χ0v) is 14.6. The summed E-state index contributed by atoms with van der Waals surface area (Å²) in [5, 5.41) is 0.500. The molecule has 1 saturated heterocycles. The first kappa shape index (κ1) is 18.1. The Kier molecular flexibility index (Phi) is 5.62. The number of aryl methyl sites for hydroxylation is 1. The average molecular weight is 359 g/mol. The van der Waals surface area contributed by atoms with Gasteiger partial charge in [0.2, 0.25) is 0 Å². The van der Waals surface area contributed by atoms with Gasteiger partial charge in [-0.3, -0.25) is 19.0 Å². The molecule has 0 aliphatic carbocycles. The van der Waals surface area contributed by atoms with E-state index in [2.05, 4.69) is 4.98 Å². The summed E-state index contributed by atoms with van der Waals surface area (Å²) in [6.07, 6.45) is 1.39. The Morgan fingerprint density at radius 2 is 2.15 bits per heavy atom. The third-order valence-electron chi connectivity index (χ3n) is 4.24. The summed E-state index contributed by atoms with van der Waals surface area (Å²) < 4.78 is 11.8. The van der Waals surface area contributed by atoms with E-state index in [4.69, 9.17) is 9.47 Å². The maximum absolute atomic E-state index is 12.3. The number of fused-ring (bicyclic) bond motifs is 1. The van der Waals surface area contributed by atoms with Crippen molar-refractivity contribution in [1.29, 1.82) is 0 Å². The smallest absolute Gasteiger partial charge is 0.308 e. The monoisotopic (exact) mass is 359 g/mol. The van der Waals surface area contributed by atoms with E-state index in [0.29, 0.717) is 30.6 Å². The molecular weight excluding hydrogens is 338 g/mol. The lowest BCUT2D eigenvalue weighted by molar-refractivity contribution is -0.155. The molecule has 0 bridgehead atoms. The van der Waals surface area contributed by atoms with Crippen LogP contribution in [-0.4, -0.2) is 58.7 Å². The number of amides is 1. The molecule has 1 amide bonds. The van der Waals surface area contributed by atoms with Gasteiger partial charge in [0, 0.05) is 19.6 Å². The van der Waals surface area contributed by atoms with Crippen molar-refractivity contribution in [2.75, 3.05) is 26.3 Å². The molecule has 2 heterocycles. The van der Waals surface area contributed by atoms with Crippen molar-refractivity contribution < 1.29 is 19.1 Å². The number of benzene rings is 1. The molecule has 3 rings (SSSR count). The van der Waals surface area contributed by atoms with Gasteiger partial charge in [0.15, 0.2) is 6.61 Å². The second kappa shape index (κ2) is 8.09. The number of rotatable bonds is 5. The van der Waals surface area contributed by atoms with E-state index in [1.54, 1.807) is 23.1 Å². The highest BCUT2D eigenvalue weighted by Crippen LogP contribution is 2.06. The largest absolute Gasteiger partial charge is 0.456 e. The van der Waals surface area contributed by atoms with Crippen molar-refractivity contribution in [2.45, 2.75) is 26.0 Å². The number of hydrogen-bond donors (Lipinski definition) is 0. The van der Waals surface area contributed by atoms with Gasteiger partial charge in [0.1, 0.15) is 0 Å². The summed E-state index contributed by atoms with van der Waals surface area (Å²) >= 11 is 0. The van der Waals surface area contributed by atoms with Crippen molar-refractivity contribution in [3.63, 3.8) is 0 Å². The van der Waals surface area contributed by atoms with Crippen LogP contribution in [0.5, 0.6) is 0 Å². The maximum atomic E-state index is 12.3. The minimum atomic E-state index is -0.528. The first-order valence-corrected chi connectivity index (χ1v) is 8.54. The number of hydrogen-bond acceptors (Lipinski definition) is 6. The molecule has 0 spiro atoms. The van der Waals surface area contributed by atoms with E-state index in [1.165, 1.54) is 10.9 Å². The topological polar surface area (TPSA) is 90.7 Å². The molecule has 0 radical (unpaired) electrons. The Morgan fingerprint density at radius 3 is 2.96 bits per heavy atom. The van der Waals surface area contributed by atoms with Gasteiger partial charge in [-0.15, -0.1) is 0 Å². The van der Waals surface area contributed by atoms with Gasteiger partial charge >= 0.3 is 5.97 Å². The second-order valence-corrected chi connectivity index (χ2v) is 6.19. The molecule has 1 unspecified atom stereocenters. The van der Waals surface area contributed by atoms with Gasteiger partial charge < -0.3 is 14.4 Å². The first-order valence-electron chi connectivity index (χ1n) is 8.54. The maximum Gasteiger partial charge on any atom is 0.308 e. The lowest BCUT2D eigenvalue weighted by Crippen LogP contribution is -2.46. The predicted octanol–water partition coefficient (Wildman–Crippen LogP) is 0.577. The Bertz CT molecular complexity index is 863. The molecule has 1 aliphatic rings. The summed E-state index contributed by atoms with van der Waals surface area (Å²) in [6, 6.07) is 7.03. The quantitative estimate of drug-likeness (QED) is 0.725. The van der Waals surface area contributed by atoms with Gasteiger partial charge in [-0.2, -0.15) is 0 Å². The van der Waals surface area contributed by atoms with Gasteiger partial charge in [-0.05, 0) is 19.1 Å². The number of carbonyl (C=O) groups excluding carboxylic acids is 2. The Labute approximate surface area is 150 Å². The Balaban J connectivity index is 1.50. The molecule has 1 aromatic carbocycles. The number of para-hydroxylation sites is 1. The summed E-state index contributed by atoms with van der Waals surface area (Å²) in [6.45, 7) is 3.22. The van der Waals surface area contributed by atoms with E-state index in [-0.39, 0.29) is 37.1 Å². The first-order chi connectivity index (χ1) is 12.5. The standard InChI is InChI=1S/C18H21N3O5/c1-13-10-20(8-9-25-13)16(22)11-26-17(23)6-7-21-12-19-15-5-3-2-4-14(15)18(21)24/h2-5,12-13H,6-11H2,1H3. The molecule has 1 fully saturated rings. The fourth-order valence-electron chi connectivity index (χ4n) is 2.83. The van der Waals surface area contributed by atoms with Crippen LogP contribution in [0.4, 0.5) is 0 Å². The van der Waals surface area contributed by atoms with Gasteiger partial charge in [-0.1, -0.05) is 12.1 Å². The lowest BCUT2D eigenvalue weighted by atomic mass is 10.2. The van der Waals surface area contributed by atoms with E-state index < -0.39 is 5.97 Å². The van der Waals surface area contributed by atoms with E-state index in [9.17, 15) is 14.4 Å². The van der Waals surface area contributed by atoms with Crippen LogP contribution in [0.15, 0.2) is 35.4 Å². The number of nitrogens with zero attached hydrogens (tertiary/aromatic N) is 3. The average Bonchev–Trinajstić information content (AvgIpc) is 2.65. The minimum absolute atomic E-state index is 0.00722. The fourth-order valence-corrected chi connectivity index (χ4v) is 2.83. The van der Waals surface area contributed by atoms with Crippen molar-refractivity contribution >= 4 is 22.8 Å². The van der Waals surface area contributed by atoms with Gasteiger partial charge in [0.25, 0.3) is 11.5 Å². The third kappa shape index (κ3) is 4.26. The summed E-state index contributed by atoms with van der Waals surface area (Å²) in [5.74, 6) is -0.766. The van der Waals surface area contributed by atoms with Crippen LogP contribution in [0.25, 0.3) is 10.9 Å². The fraction of sp³-hybridized carbons (Fsp3) is 0.444. The molecule has 8 heteroatoms. The third-order valence-corrected chi connectivity index (χ3v) is 4.24. The molecule has 1 aliphatic heterocycles. The number of carbonyl (C=O) groups is 2. The number of aromatic nitrogens is 2. The van der Waals surface area contributed by atoms with Gasteiger partial charge in [0.05, 0.1) is 36.4 Å². The van der Waals surface area contributed by atoms with Crippen molar-refractivity contribution in [3.05, 3.63) is 40.9 Å². The normalized spacial score (nSPS) is 17.3.